The smallest absolute Gasteiger partial charge is 0.257 e. The van der Waals surface area contributed by atoms with Crippen LogP contribution in [0.5, 0.6) is 0 Å². The molecule has 0 fully saturated rings. The number of carbonyl (C=O) groups excluding carboxylic acids is 2. The van der Waals surface area contributed by atoms with E-state index in [1.807, 2.05) is 5.32 Å². The Balaban J connectivity index is 2.16. The van der Waals surface area contributed by atoms with Crippen LogP contribution in [-0.4, -0.2) is 29.8 Å². The summed E-state index contributed by atoms with van der Waals surface area (Å²) in [7, 11) is 0. The van der Waals surface area contributed by atoms with Crippen molar-refractivity contribution in [3.8, 4) is 0 Å². The number of rotatable bonds is 6. The third kappa shape index (κ3) is 4.81. The number of anilines is 1. The van der Waals surface area contributed by atoms with Crippen molar-refractivity contribution in [2.45, 2.75) is 13.3 Å². The van der Waals surface area contributed by atoms with Gasteiger partial charge in [0.2, 0.25) is 5.91 Å². The largest absolute Gasteiger partial charge is 0.329 e. The molecule has 0 aliphatic carbocycles. The lowest BCUT2D eigenvalue weighted by Gasteiger charge is -2.22. The maximum atomic E-state index is 13.8. The monoisotopic (exact) mass is 386 g/mol. The third-order valence-corrected chi connectivity index (χ3v) is 3.59. The van der Waals surface area contributed by atoms with Crippen molar-refractivity contribution < 1.29 is 31.5 Å². The van der Waals surface area contributed by atoms with Crippen molar-refractivity contribution in [2.75, 3.05) is 18.4 Å². The van der Waals surface area contributed by atoms with Gasteiger partial charge in [-0.2, -0.15) is 0 Å². The highest BCUT2D eigenvalue weighted by atomic mass is 19.2. The van der Waals surface area contributed by atoms with E-state index >= 15 is 0 Å². The highest BCUT2D eigenvalue weighted by Gasteiger charge is 2.22. The Hall–Kier alpha value is -2.97. The van der Waals surface area contributed by atoms with Gasteiger partial charge in [-0.25, -0.2) is 22.0 Å². The van der Waals surface area contributed by atoms with E-state index < -0.39 is 58.7 Å². The second kappa shape index (κ2) is 8.61. The Morgan fingerprint density at radius 2 is 1.67 bits per heavy atom. The molecule has 2 aromatic rings. The van der Waals surface area contributed by atoms with Gasteiger partial charge in [-0.3, -0.25) is 9.59 Å². The molecule has 2 amide bonds. The summed E-state index contributed by atoms with van der Waals surface area (Å²) in [6.45, 7) is 1.17. The number of nitrogens with zero attached hydrogens (tertiary/aromatic N) is 1. The second-order valence-electron chi connectivity index (χ2n) is 5.62. The third-order valence-electron chi connectivity index (χ3n) is 3.59. The Bertz CT molecular complexity index is 873. The first-order valence-electron chi connectivity index (χ1n) is 7.92. The number of nitrogens with one attached hydrogen (secondary N) is 1. The van der Waals surface area contributed by atoms with Crippen molar-refractivity contribution in [3.63, 3.8) is 0 Å². The van der Waals surface area contributed by atoms with E-state index in [-0.39, 0.29) is 6.54 Å². The molecular weight excluding hydrogens is 371 g/mol. The summed E-state index contributed by atoms with van der Waals surface area (Å²) in [6, 6.07) is 3.85. The van der Waals surface area contributed by atoms with Gasteiger partial charge in [0.25, 0.3) is 5.91 Å². The van der Waals surface area contributed by atoms with E-state index in [0.717, 1.165) is 23.1 Å². The minimum atomic E-state index is -1.75. The van der Waals surface area contributed by atoms with Crippen molar-refractivity contribution in [1.29, 1.82) is 0 Å². The van der Waals surface area contributed by atoms with E-state index in [1.54, 1.807) is 6.92 Å². The van der Waals surface area contributed by atoms with Gasteiger partial charge < -0.3 is 10.2 Å². The van der Waals surface area contributed by atoms with E-state index in [1.165, 1.54) is 0 Å². The lowest BCUT2D eigenvalue weighted by atomic mass is 10.1. The first-order valence-corrected chi connectivity index (χ1v) is 7.92. The van der Waals surface area contributed by atoms with Gasteiger partial charge in [-0.05, 0) is 30.7 Å². The van der Waals surface area contributed by atoms with Crippen LogP contribution >= 0.6 is 0 Å². The SMILES string of the molecule is CCCN(CC(=O)Nc1ccc(F)c(F)c1F)C(=O)c1ccc(F)cc1F. The summed E-state index contributed by atoms with van der Waals surface area (Å²) >= 11 is 0. The summed E-state index contributed by atoms with van der Waals surface area (Å²) in [6.07, 6.45) is 0.418. The number of amides is 2. The van der Waals surface area contributed by atoms with Crippen LogP contribution in [0.3, 0.4) is 0 Å². The molecule has 2 rings (SSSR count). The highest BCUT2D eigenvalue weighted by molar-refractivity contribution is 5.99. The van der Waals surface area contributed by atoms with E-state index in [9.17, 15) is 31.5 Å². The highest BCUT2D eigenvalue weighted by Crippen LogP contribution is 2.20. The van der Waals surface area contributed by atoms with Crippen LogP contribution in [0.4, 0.5) is 27.6 Å². The number of halogens is 5. The summed E-state index contributed by atoms with van der Waals surface area (Å²) in [5.41, 5.74) is -1.03. The molecule has 27 heavy (non-hydrogen) atoms. The summed E-state index contributed by atoms with van der Waals surface area (Å²) in [5.74, 6) is -8.46. The minimum absolute atomic E-state index is 0.0589. The Morgan fingerprint density at radius 1 is 0.963 bits per heavy atom. The second-order valence-corrected chi connectivity index (χ2v) is 5.62. The molecule has 0 aliphatic heterocycles. The molecule has 0 aliphatic rings. The van der Waals surface area contributed by atoms with Crippen LogP contribution in [0.15, 0.2) is 30.3 Å². The Labute approximate surface area is 151 Å². The molecule has 0 saturated carbocycles. The lowest BCUT2D eigenvalue weighted by molar-refractivity contribution is -0.116. The molecule has 1 N–H and O–H groups in total. The molecule has 144 valence electrons. The van der Waals surface area contributed by atoms with Gasteiger partial charge in [-0.15, -0.1) is 0 Å². The van der Waals surface area contributed by atoms with E-state index in [2.05, 4.69) is 0 Å². The summed E-state index contributed by atoms with van der Waals surface area (Å²) < 4.78 is 66.6. The van der Waals surface area contributed by atoms with Crippen LogP contribution in [-0.2, 0) is 4.79 Å². The van der Waals surface area contributed by atoms with Gasteiger partial charge in [0.15, 0.2) is 17.5 Å². The zero-order valence-electron chi connectivity index (χ0n) is 14.2. The quantitative estimate of drug-likeness (QED) is 0.605. The molecule has 9 heteroatoms. The van der Waals surface area contributed by atoms with Crippen LogP contribution in [0, 0.1) is 29.1 Å². The van der Waals surface area contributed by atoms with Gasteiger partial charge >= 0.3 is 0 Å². The molecule has 0 bridgehead atoms. The standard InChI is InChI=1S/C18H15F5N2O2/c1-2-7-25(18(27)11-4-3-10(19)8-13(11)21)9-15(26)24-14-6-5-12(20)16(22)17(14)23/h3-6,8H,2,7,9H2,1H3,(H,24,26). The maximum absolute atomic E-state index is 13.8. The van der Waals surface area contributed by atoms with Crippen molar-refractivity contribution in [3.05, 3.63) is 65.0 Å². The molecule has 0 radical (unpaired) electrons. The Kier molecular flexibility index (Phi) is 6.49. The minimum Gasteiger partial charge on any atom is -0.329 e. The van der Waals surface area contributed by atoms with E-state index in [4.69, 9.17) is 0 Å². The molecule has 0 spiro atoms. The molecule has 0 saturated heterocycles. The number of carbonyl (C=O) groups is 2. The molecule has 4 nitrogen and oxygen atoms in total. The van der Waals surface area contributed by atoms with Gasteiger partial charge in [0, 0.05) is 12.6 Å². The molecule has 2 aromatic carbocycles. The van der Waals surface area contributed by atoms with Crippen LogP contribution < -0.4 is 5.32 Å². The summed E-state index contributed by atoms with van der Waals surface area (Å²) in [5, 5.41) is 2.03. The summed E-state index contributed by atoms with van der Waals surface area (Å²) in [4.78, 5) is 25.5. The number of hydrogen-bond acceptors (Lipinski definition) is 2. The predicted molar refractivity (Wildman–Crippen MR) is 87.5 cm³/mol. The molecule has 0 heterocycles. The zero-order chi connectivity index (χ0) is 20.1. The van der Waals surface area contributed by atoms with Crippen molar-refractivity contribution in [2.24, 2.45) is 0 Å². The zero-order valence-corrected chi connectivity index (χ0v) is 14.2. The van der Waals surface area contributed by atoms with Crippen molar-refractivity contribution >= 4 is 17.5 Å². The van der Waals surface area contributed by atoms with Crippen LogP contribution in [0.1, 0.15) is 23.7 Å². The fourth-order valence-corrected chi connectivity index (χ4v) is 2.34. The molecule has 0 atom stereocenters. The van der Waals surface area contributed by atoms with Gasteiger partial charge in [-0.1, -0.05) is 6.92 Å². The van der Waals surface area contributed by atoms with Gasteiger partial charge in [0.05, 0.1) is 11.3 Å². The molecule has 0 aromatic heterocycles. The van der Waals surface area contributed by atoms with Crippen LogP contribution in [0.25, 0.3) is 0 Å². The average Bonchev–Trinajstić information content (AvgIpc) is 2.61. The van der Waals surface area contributed by atoms with Gasteiger partial charge in [0.1, 0.15) is 18.2 Å². The fourth-order valence-electron chi connectivity index (χ4n) is 2.34. The first-order chi connectivity index (χ1) is 12.7. The molecule has 0 unspecified atom stereocenters. The lowest BCUT2D eigenvalue weighted by Crippen LogP contribution is -2.39. The first kappa shape index (κ1) is 20.3. The average molecular weight is 386 g/mol. The topological polar surface area (TPSA) is 49.4 Å². The number of benzene rings is 2. The van der Waals surface area contributed by atoms with Crippen molar-refractivity contribution in [1.82, 2.24) is 4.90 Å². The molecular formula is C18H15F5N2O2. The predicted octanol–water partition coefficient (Wildman–Crippen LogP) is 3.87. The number of hydrogen-bond donors (Lipinski definition) is 1. The van der Waals surface area contributed by atoms with E-state index in [0.29, 0.717) is 18.6 Å². The fraction of sp³-hybridized carbons (Fsp3) is 0.222. The maximum Gasteiger partial charge on any atom is 0.257 e. The van der Waals surface area contributed by atoms with Crippen LogP contribution in [0.2, 0.25) is 0 Å². The normalized spacial score (nSPS) is 10.6. The Morgan fingerprint density at radius 3 is 2.30 bits per heavy atom.